The normalized spacial score (nSPS) is 14.6. The van der Waals surface area contributed by atoms with E-state index in [4.69, 9.17) is 10.6 Å². The smallest absolute Gasteiger partial charge is 0.333 e. The molecule has 0 aliphatic carbocycles. The molecule has 10 N–H and O–H groups in total. The van der Waals surface area contributed by atoms with Gasteiger partial charge in [0.1, 0.15) is 36.6 Å². The van der Waals surface area contributed by atoms with Gasteiger partial charge in [-0.1, -0.05) is 51.1 Å². The molecule has 9 amide bonds. The van der Waals surface area contributed by atoms with E-state index < -0.39 is 126 Å². The number of hydroxylamine groups is 2. The van der Waals surface area contributed by atoms with Gasteiger partial charge in [-0.15, -0.1) is 5.06 Å². The van der Waals surface area contributed by atoms with E-state index in [2.05, 4.69) is 36.9 Å². The number of carbonyl (C=O) groups is 10. The SMILES string of the molecule is C[C@H](NC(=O)Cc1ccncc1)C(=O)N[C@H](C)C(=O)N[C@@H](CC(N)=O)C(O)N[C@@H](CCN(C(=O)CO)[C@@H](c1cc(-c2cc(F)ccc2F)cn1Cc1ccccc1)C(C)(C)C)C(=O)NCCNC(=O)CCCC(=O)ON1C(=O)CCC1=O. The van der Waals surface area contributed by atoms with Crippen molar-refractivity contribution >= 4 is 59.1 Å². The van der Waals surface area contributed by atoms with Crippen molar-refractivity contribution in [2.45, 2.75) is 129 Å². The standard InChI is InChI=1S/C56H71F2N11O13/c1-33(63-46(73)26-35-18-21-60-22-19-35)52(78)64-34(2)53(79)66-42(29-44(59)71)55(81)65-41(54(80)62-24-23-61-45(72)12-9-13-50(77)82-69-47(74)16-17-48(69)75)20-25-68(49(76)32-70)51(56(3,4)5)43-27-37(39-28-38(57)14-15-40(39)58)31-67(43)30-36-10-7-6-8-11-36/h6-8,10-11,14-15,18-19,21-22,27-28,31,33-34,41-42,51,55,65,70,81H,9,12-13,16-17,20,23-26,29-30,32H2,1-5H3,(H2,59,71)(H,61,72)(H,62,80)(H,63,73)(H,64,78)(H,66,79)/t33-,34+,41-,42-,51-,55?/m0/s1. The summed E-state index contributed by atoms with van der Waals surface area (Å²) in [4.78, 5) is 139. The van der Waals surface area contributed by atoms with Crippen molar-refractivity contribution in [2.75, 3.05) is 26.2 Å². The number of primary amides is 1. The zero-order valence-corrected chi connectivity index (χ0v) is 46.2. The quantitative estimate of drug-likeness (QED) is 0.0200. The van der Waals surface area contributed by atoms with Gasteiger partial charge in [-0.2, -0.15) is 0 Å². The molecule has 24 nitrogen and oxygen atoms in total. The van der Waals surface area contributed by atoms with Crippen molar-refractivity contribution in [1.29, 1.82) is 0 Å². The molecule has 0 bridgehead atoms. The second-order valence-electron chi connectivity index (χ2n) is 20.7. The fourth-order valence-corrected chi connectivity index (χ4v) is 8.99. The molecule has 6 atom stereocenters. The molecule has 1 saturated heterocycles. The van der Waals surface area contributed by atoms with Crippen molar-refractivity contribution in [1.82, 2.24) is 51.4 Å². The summed E-state index contributed by atoms with van der Waals surface area (Å²) < 4.78 is 31.9. The van der Waals surface area contributed by atoms with E-state index in [1.807, 2.05) is 51.1 Å². The minimum atomic E-state index is -1.96. The summed E-state index contributed by atoms with van der Waals surface area (Å²) in [7, 11) is 0. The van der Waals surface area contributed by atoms with Crippen LogP contribution in [0.5, 0.6) is 0 Å². The first-order valence-electron chi connectivity index (χ1n) is 26.6. The number of aliphatic hydroxyl groups is 2. The lowest BCUT2D eigenvalue weighted by atomic mass is 9.82. The number of nitrogens with one attached hydrogen (secondary N) is 6. The van der Waals surface area contributed by atoms with Gasteiger partial charge in [0.2, 0.25) is 41.4 Å². The van der Waals surface area contributed by atoms with Crippen LogP contribution in [0.4, 0.5) is 8.78 Å². The molecule has 442 valence electrons. The highest BCUT2D eigenvalue weighted by Gasteiger charge is 2.39. The Morgan fingerprint density at radius 1 is 0.805 bits per heavy atom. The molecule has 1 aliphatic heterocycles. The maximum atomic E-state index is 15.4. The van der Waals surface area contributed by atoms with Crippen molar-refractivity contribution < 1.29 is 71.8 Å². The lowest BCUT2D eigenvalue weighted by molar-refractivity contribution is -0.197. The van der Waals surface area contributed by atoms with Crippen LogP contribution < -0.4 is 37.6 Å². The van der Waals surface area contributed by atoms with E-state index >= 15 is 4.39 Å². The van der Waals surface area contributed by atoms with Crippen LogP contribution in [0.3, 0.4) is 0 Å². The van der Waals surface area contributed by atoms with Crippen LogP contribution >= 0.6 is 0 Å². The number of carbonyl (C=O) groups excluding carboxylic acids is 10. The lowest BCUT2D eigenvalue weighted by Crippen LogP contribution is -2.60. The third-order valence-corrected chi connectivity index (χ3v) is 13.1. The summed E-state index contributed by atoms with van der Waals surface area (Å²) >= 11 is 0. The first-order chi connectivity index (χ1) is 38.8. The van der Waals surface area contributed by atoms with Gasteiger partial charge in [-0.05, 0) is 79.6 Å². The highest BCUT2D eigenvalue weighted by atomic mass is 19.1. The molecule has 1 fully saturated rings. The van der Waals surface area contributed by atoms with Crippen LogP contribution in [0.15, 0.2) is 85.3 Å². The average Bonchev–Trinajstić information content (AvgIpc) is 4.21. The van der Waals surface area contributed by atoms with Crippen molar-refractivity contribution in [2.24, 2.45) is 11.1 Å². The number of hydrogen-bond acceptors (Lipinski definition) is 15. The van der Waals surface area contributed by atoms with Gasteiger partial charge in [0.15, 0.2) is 0 Å². The third kappa shape index (κ3) is 19.4. The molecule has 2 aromatic heterocycles. The Hall–Kier alpha value is -8.49. The average molecular weight is 1140 g/mol. The van der Waals surface area contributed by atoms with Gasteiger partial charge in [0.25, 0.3) is 11.8 Å². The number of halogens is 2. The molecule has 26 heteroatoms. The second-order valence-corrected chi connectivity index (χ2v) is 20.7. The van der Waals surface area contributed by atoms with Crippen LogP contribution in [0.1, 0.15) is 102 Å². The van der Waals surface area contributed by atoms with Gasteiger partial charge in [-0.25, -0.2) is 13.6 Å². The van der Waals surface area contributed by atoms with Crippen LogP contribution in [-0.2, 0) is 65.7 Å². The summed E-state index contributed by atoms with van der Waals surface area (Å²) in [5, 5.41) is 38.1. The maximum Gasteiger partial charge on any atom is 0.333 e. The molecule has 1 unspecified atom stereocenters. The van der Waals surface area contributed by atoms with E-state index in [-0.39, 0.29) is 82.3 Å². The molecule has 0 saturated carbocycles. The van der Waals surface area contributed by atoms with Crippen LogP contribution in [-0.4, -0.2) is 145 Å². The first kappa shape index (κ1) is 64.3. The molecule has 3 heterocycles. The Morgan fingerprint density at radius 2 is 1.45 bits per heavy atom. The van der Waals surface area contributed by atoms with Crippen LogP contribution in [0, 0.1) is 17.0 Å². The molecule has 4 aromatic rings. The number of imide groups is 1. The topological polar surface area (TPSA) is 343 Å². The number of nitrogens with zero attached hydrogens (tertiary/aromatic N) is 4. The summed E-state index contributed by atoms with van der Waals surface area (Å²) in [6.07, 6.45) is 0.879. The van der Waals surface area contributed by atoms with Gasteiger partial charge in [0, 0.05) is 87.3 Å². The van der Waals surface area contributed by atoms with Gasteiger partial charge < -0.3 is 56.8 Å². The predicted octanol–water partition coefficient (Wildman–Crippen LogP) is 1.07. The second kappa shape index (κ2) is 30.4. The Morgan fingerprint density at radius 3 is 2.10 bits per heavy atom. The minimum absolute atomic E-state index is 0.0190. The Labute approximate surface area is 472 Å². The van der Waals surface area contributed by atoms with E-state index in [0.717, 1.165) is 23.8 Å². The number of rotatable bonds is 30. The molecule has 5 rings (SSSR count). The zero-order valence-electron chi connectivity index (χ0n) is 46.2. The molecular formula is C56H71F2N11O13. The summed E-state index contributed by atoms with van der Waals surface area (Å²) in [5.41, 5.74) is 6.77. The van der Waals surface area contributed by atoms with Crippen molar-refractivity contribution in [3.63, 3.8) is 0 Å². The molecular weight excluding hydrogens is 1070 g/mol. The van der Waals surface area contributed by atoms with E-state index in [0.29, 0.717) is 16.3 Å². The molecule has 0 spiro atoms. The van der Waals surface area contributed by atoms with Gasteiger partial charge >= 0.3 is 5.97 Å². The lowest BCUT2D eigenvalue weighted by Gasteiger charge is -2.41. The molecule has 1 aliphatic rings. The van der Waals surface area contributed by atoms with E-state index in [1.54, 1.807) is 29.0 Å². The summed E-state index contributed by atoms with van der Waals surface area (Å²) in [6.45, 7) is 6.59. The number of benzene rings is 2. The highest BCUT2D eigenvalue weighted by molar-refractivity contribution is 6.01. The molecule has 0 radical (unpaired) electrons. The summed E-state index contributed by atoms with van der Waals surface area (Å²) in [6, 6.07) is 10.6. The fraction of sp³-hybridized carbons (Fsp3) is 0.446. The van der Waals surface area contributed by atoms with E-state index in [9.17, 15) is 62.5 Å². The Kier molecular flexibility index (Phi) is 23.8. The number of hydrogen-bond donors (Lipinski definition) is 9. The van der Waals surface area contributed by atoms with Crippen LogP contribution in [0.2, 0.25) is 0 Å². The highest BCUT2D eigenvalue weighted by Crippen LogP contribution is 2.41. The van der Waals surface area contributed by atoms with Gasteiger partial charge in [-0.3, -0.25) is 53.5 Å². The number of aliphatic hydroxyl groups excluding tert-OH is 2. The fourth-order valence-electron chi connectivity index (χ4n) is 8.99. The maximum absolute atomic E-state index is 15.4. The van der Waals surface area contributed by atoms with Gasteiger partial charge in [0.05, 0.1) is 31.0 Å². The van der Waals surface area contributed by atoms with Crippen LogP contribution in [0.25, 0.3) is 11.1 Å². The minimum Gasteiger partial charge on any atom is -0.387 e. The predicted molar refractivity (Wildman–Crippen MR) is 290 cm³/mol. The monoisotopic (exact) mass is 1140 g/mol. The summed E-state index contributed by atoms with van der Waals surface area (Å²) in [5.74, 6) is -8.95. The van der Waals surface area contributed by atoms with Crippen molar-refractivity contribution in [3.05, 3.63) is 114 Å². The first-order valence-corrected chi connectivity index (χ1v) is 26.6. The Balaban J connectivity index is 1.37. The number of nitrogens with two attached hydrogens (primary N) is 1. The molecule has 82 heavy (non-hydrogen) atoms. The zero-order chi connectivity index (χ0) is 60.3. The number of amides is 9. The Bertz CT molecular complexity index is 2910. The number of aromatic nitrogens is 2. The third-order valence-electron chi connectivity index (χ3n) is 13.1. The van der Waals surface area contributed by atoms with Crippen molar-refractivity contribution in [3.8, 4) is 11.1 Å². The number of pyridine rings is 1. The van der Waals surface area contributed by atoms with E-state index in [1.165, 1.54) is 31.1 Å². The molecule has 2 aromatic carbocycles. The largest absolute Gasteiger partial charge is 0.387 e.